The molecule has 2 fully saturated rings. The molecule has 0 aromatic heterocycles. The summed E-state index contributed by atoms with van der Waals surface area (Å²) in [6, 6.07) is 1.99. The first kappa shape index (κ1) is 22.1. The normalized spacial score (nSPS) is 22.4. The summed E-state index contributed by atoms with van der Waals surface area (Å²) in [5, 5.41) is 0. The molecule has 2 aliphatic rings. The second-order valence-corrected chi connectivity index (χ2v) is 9.08. The molecule has 0 atom stereocenters. The van der Waals surface area contributed by atoms with E-state index in [1.165, 1.54) is 78.5 Å². The van der Waals surface area contributed by atoms with Gasteiger partial charge in [-0.3, -0.25) is 24.5 Å². The Morgan fingerprint density at radius 1 is 0.577 bits per heavy atom. The minimum Gasteiger partial charge on any atom is -0.300 e. The molecule has 0 radical (unpaired) electrons. The first-order valence-corrected chi connectivity index (χ1v) is 11.0. The van der Waals surface area contributed by atoms with Crippen LogP contribution in [0.2, 0.25) is 0 Å². The van der Waals surface area contributed by atoms with Crippen LogP contribution in [0.25, 0.3) is 0 Å². The molecule has 0 spiro atoms. The van der Waals surface area contributed by atoms with Crippen LogP contribution in [0.1, 0.15) is 41.5 Å². The molecular weight excluding hydrogens is 322 g/mol. The largest absolute Gasteiger partial charge is 0.300 e. The molecule has 0 bridgehead atoms. The van der Waals surface area contributed by atoms with Crippen LogP contribution in [0.3, 0.4) is 0 Å². The first-order valence-electron chi connectivity index (χ1n) is 11.0. The molecule has 2 heterocycles. The molecule has 2 rings (SSSR count). The van der Waals surface area contributed by atoms with Crippen LogP contribution in [0.15, 0.2) is 0 Å². The van der Waals surface area contributed by atoms with Crippen molar-refractivity contribution in [3.63, 3.8) is 0 Å². The molecular formula is C21H45N5. The third-order valence-electron chi connectivity index (χ3n) is 6.34. The second kappa shape index (κ2) is 11.0. The summed E-state index contributed by atoms with van der Waals surface area (Å²) < 4.78 is 0. The quantitative estimate of drug-likeness (QED) is 0.615. The van der Waals surface area contributed by atoms with Gasteiger partial charge < -0.3 is 0 Å². The van der Waals surface area contributed by atoms with Crippen LogP contribution in [-0.4, -0.2) is 121 Å². The number of hydrogen-bond donors (Lipinski definition) is 0. The van der Waals surface area contributed by atoms with E-state index in [0.717, 1.165) is 0 Å². The van der Waals surface area contributed by atoms with Gasteiger partial charge in [-0.15, -0.1) is 0 Å². The van der Waals surface area contributed by atoms with Crippen molar-refractivity contribution >= 4 is 0 Å². The number of hydrogen-bond acceptors (Lipinski definition) is 5. The minimum atomic E-state index is 0.646. The summed E-state index contributed by atoms with van der Waals surface area (Å²) in [6.07, 6.45) is 0. The lowest BCUT2D eigenvalue weighted by Crippen LogP contribution is -2.53. The average Bonchev–Trinajstić information content (AvgIpc) is 2.61. The maximum atomic E-state index is 2.67. The molecule has 0 aliphatic carbocycles. The molecule has 2 aliphatic heterocycles. The molecule has 5 nitrogen and oxygen atoms in total. The van der Waals surface area contributed by atoms with Crippen LogP contribution in [-0.2, 0) is 0 Å². The van der Waals surface area contributed by atoms with Gasteiger partial charge >= 0.3 is 0 Å². The van der Waals surface area contributed by atoms with Gasteiger partial charge in [0.1, 0.15) is 0 Å². The zero-order chi connectivity index (χ0) is 19.1. The highest BCUT2D eigenvalue weighted by Gasteiger charge is 2.22. The van der Waals surface area contributed by atoms with Gasteiger partial charge in [-0.05, 0) is 41.5 Å². The van der Waals surface area contributed by atoms with Crippen LogP contribution >= 0.6 is 0 Å². The van der Waals surface area contributed by atoms with Gasteiger partial charge in [-0.1, -0.05) is 0 Å². The fraction of sp³-hybridized carbons (Fsp3) is 1.00. The van der Waals surface area contributed by atoms with Crippen molar-refractivity contribution < 1.29 is 0 Å². The topological polar surface area (TPSA) is 16.2 Å². The Morgan fingerprint density at radius 3 is 1.35 bits per heavy atom. The van der Waals surface area contributed by atoms with Gasteiger partial charge in [-0.25, -0.2) is 0 Å². The van der Waals surface area contributed by atoms with Gasteiger partial charge in [0.2, 0.25) is 0 Å². The maximum absolute atomic E-state index is 2.67. The smallest absolute Gasteiger partial charge is 0.0115 e. The Labute approximate surface area is 163 Å². The van der Waals surface area contributed by atoms with Gasteiger partial charge in [0.25, 0.3) is 0 Å². The van der Waals surface area contributed by atoms with Gasteiger partial charge in [0.05, 0.1) is 0 Å². The molecule has 0 aromatic rings. The summed E-state index contributed by atoms with van der Waals surface area (Å²) in [7, 11) is 0. The van der Waals surface area contributed by atoms with E-state index in [1.807, 2.05) is 0 Å². The molecule has 0 amide bonds. The van der Waals surface area contributed by atoms with Crippen LogP contribution < -0.4 is 0 Å². The third kappa shape index (κ3) is 7.08. The lowest BCUT2D eigenvalue weighted by atomic mass is 10.2. The third-order valence-corrected chi connectivity index (χ3v) is 6.34. The highest BCUT2D eigenvalue weighted by atomic mass is 15.3. The highest BCUT2D eigenvalue weighted by molar-refractivity contribution is 4.78. The summed E-state index contributed by atoms with van der Waals surface area (Å²) >= 11 is 0. The average molecular weight is 368 g/mol. The van der Waals surface area contributed by atoms with Crippen LogP contribution in [0.5, 0.6) is 0 Å². The highest BCUT2D eigenvalue weighted by Crippen LogP contribution is 2.09. The summed E-state index contributed by atoms with van der Waals surface area (Å²) in [5.74, 6) is 0. The minimum absolute atomic E-state index is 0.646. The van der Waals surface area contributed by atoms with Crippen molar-refractivity contribution in [2.75, 3.05) is 78.5 Å². The molecule has 0 saturated carbocycles. The molecule has 0 N–H and O–H groups in total. The van der Waals surface area contributed by atoms with E-state index in [2.05, 4.69) is 66.0 Å². The van der Waals surface area contributed by atoms with Crippen molar-refractivity contribution in [2.45, 2.75) is 59.7 Å². The fourth-order valence-corrected chi connectivity index (χ4v) is 4.39. The Bertz CT molecular complexity index is 361. The maximum Gasteiger partial charge on any atom is 0.0115 e. The summed E-state index contributed by atoms with van der Waals surface area (Å²) in [4.78, 5) is 13.2. The van der Waals surface area contributed by atoms with Crippen molar-refractivity contribution in [1.82, 2.24) is 24.5 Å². The summed E-state index contributed by atoms with van der Waals surface area (Å²) in [6.45, 7) is 28.8. The monoisotopic (exact) mass is 367 g/mol. The zero-order valence-corrected chi connectivity index (χ0v) is 18.5. The lowest BCUT2D eigenvalue weighted by Gasteiger charge is -2.40. The molecule has 2 saturated heterocycles. The van der Waals surface area contributed by atoms with E-state index in [9.17, 15) is 0 Å². The lowest BCUT2D eigenvalue weighted by molar-refractivity contribution is 0.0766. The number of nitrogens with zero attached hydrogens (tertiary/aromatic N) is 5. The van der Waals surface area contributed by atoms with Gasteiger partial charge in [-0.2, -0.15) is 0 Å². The SMILES string of the molecule is CC(C)N1CCN(CCN2CCN(CCN(C(C)C)C(C)C)CC2)CC1. The van der Waals surface area contributed by atoms with E-state index in [0.29, 0.717) is 18.1 Å². The Balaban J connectivity index is 1.59. The second-order valence-electron chi connectivity index (χ2n) is 9.08. The molecule has 0 unspecified atom stereocenters. The van der Waals surface area contributed by atoms with Crippen LogP contribution in [0, 0.1) is 0 Å². The predicted molar refractivity (Wildman–Crippen MR) is 113 cm³/mol. The standard InChI is InChI=1S/C21H45N5/c1-19(2)25-16-13-24(14-17-25)12-9-22-7-10-23(11-8-22)15-18-26(20(3)4)21(5)6/h19-21H,7-18H2,1-6H3. The molecule has 26 heavy (non-hydrogen) atoms. The Morgan fingerprint density at radius 2 is 0.962 bits per heavy atom. The van der Waals surface area contributed by atoms with Crippen molar-refractivity contribution in [1.29, 1.82) is 0 Å². The summed E-state index contributed by atoms with van der Waals surface area (Å²) in [5.41, 5.74) is 0. The van der Waals surface area contributed by atoms with Crippen LogP contribution in [0.4, 0.5) is 0 Å². The van der Waals surface area contributed by atoms with Gasteiger partial charge in [0, 0.05) is 96.7 Å². The molecule has 154 valence electrons. The molecule has 5 heteroatoms. The van der Waals surface area contributed by atoms with E-state index in [4.69, 9.17) is 0 Å². The van der Waals surface area contributed by atoms with E-state index in [-0.39, 0.29) is 0 Å². The first-order chi connectivity index (χ1) is 12.4. The zero-order valence-electron chi connectivity index (χ0n) is 18.5. The predicted octanol–water partition coefficient (Wildman–Crippen LogP) is 1.75. The Kier molecular flexibility index (Phi) is 9.31. The van der Waals surface area contributed by atoms with E-state index >= 15 is 0 Å². The van der Waals surface area contributed by atoms with E-state index < -0.39 is 0 Å². The van der Waals surface area contributed by atoms with Crippen molar-refractivity contribution in [2.24, 2.45) is 0 Å². The number of rotatable bonds is 9. The molecule has 0 aromatic carbocycles. The van der Waals surface area contributed by atoms with Crippen molar-refractivity contribution in [3.05, 3.63) is 0 Å². The van der Waals surface area contributed by atoms with Crippen molar-refractivity contribution in [3.8, 4) is 0 Å². The Hall–Kier alpha value is -0.200. The number of piperazine rings is 2. The van der Waals surface area contributed by atoms with Gasteiger partial charge in [0.15, 0.2) is 0 Å². The fourth-order valence-electron chi connectivity index (χ4n) is 4.39. The van der Waals surface area contributed by atoms with E-state index in [1.54, 1.807) is 0 Å².